The zero-order valence-corrected chi connectivity index (χ0v) is 18.1. The summed E-state index contributed by atoms with van der Waals surface area (Å²) in [4.78, 5) is 14.7. The molecule has 2 fully saturated rings. The van der Waals surface area contributed by atoms with Crippen LogP contribution in [0.1, 0.15) is 56.6 Å². The van der Waals surface area contributed by atoms with Crippen LogP contribution in [0, 0.1) is 0 Å². The minimum atomic E-state index is -3.25. The second-order valence-corrected chi connectivity index (χ2v) is 10.6. The lowest BCUT2D eigenvalue weighted by Crippen LogP contribution is -2.48. The van der Waals surface area contributed by atoms with Gasteiger partial charge in [-0.15, -0.1) is 0 Å². The van der Waals surface area contributed by atoms with Crippen LogP contribution in [-0.4, -0.2) is 54.6 Å². The lowest BCUT2D eigenvalue weighted by molar-refractivity contribution is 0.154. The molecule has 1 heterocycles. The molecule has 160 valence electrons. The number of fused-ring (bicyclic) bond motifs is 1. The maximum Gasteiger partial charge on any atom is 0.318 e. The van der Waals surface area contributed by atoms with Crippen molar-refractivity contribution in [1.29, 1.82) is 0 Å². The Morgan fingerprint density at radius 3 is 2.62 bits per heavy atom. The third-order valence-electron chi connectivity index (χ3n) is 6.14. The monoisotopic (exact) mass is 421 g/mol. The molecule has 0 bridgehead atoms. The van der Waals surface area contributed by atoms with Gasteiger partial charge in [0.2, 0.25) is 10.0 Å². The molecule has 0 radical (unpaired) electrons. The van der Waals surface area contributed by atoms with E-state index in [1.54, 1.807) is 4.31 Å². The zero-order chi connectivity index (χ0) is 20.6. The second-order valence-electron chi connectivity index (χ2n) is 8.70. The molecule has 2 aliphatic carbocycles. The molecule has 8 heteroatoms. The van der Waals surface area contributed by atoms with Gasteiger partial charge in [-0.3, -0.25) is 0 Å². The number of benzene rings is 1. The minimum Gasteiger partial charge on any atom is -0.491 e. The summed E-state index contributed by atoms with van der Waals surface area (Å²) in [6.45, 7) is 3.27. The molecule has 7 nitrogen and oxygen atoms in total. The molecule has 0 unspecified atom stereocenters. The van der Waals surface area contributed by atoms with Gasteiger partial charge in [-0.1, -0.05) is 18.9 Å². The Bertz CT molecular complexity index is 863. The standard InChI is InChI=1S/C21H31N3O4S/c1-15-14-28-20-10-7-16(12-24(19-8-9-19)29(2,26)27)11-17(20)13-23(15)21(25)22-18-5-3-4-6-18/h7,10-11,15,18-19H,3-6,8-9,12-14H2,1-2H3,(H,22,25)/t15-/m0/s1. The number of nitrogens with zero attached hydrogens (tertiary/aromatic N) is 2. The Labute approximate surface area is 173 Å². The number of carbonyl (C=O) groups is 1. The highest BCUT2D eigenvalue weighted by molar-refractivity contribution is 7.88. The molecule has 0 saturated heterocycles. The van der Waals surface area contributed by atoms with Crippen molar-refractivity contribution in [3.8, 4) is 5.75 Å². The van der Waals surface area contributed by atoms with Crippen molar-refractivity contribution in [2.75, 3.05) is 12.9 Å². The fourth-order valence-corrected chi connectivity index (χ4v) is 5.43. The summed E-state index contributed by atoms with van der Waals surface area (Å²) >= 11 is 0. The molecule has 2 amide bonds. The lowest BCUT2D eigenvalue weighted by atomic mass is 10.1. The van der Waals surface area contributed by atoms with Gasteiger partial charge in [0.25, 0.3) is 0 Å². The van der Waals surface area contributed by atoms with E-state index in [0.717, 1.165) is 42.6 Å². The van der Waals surface area contributed by atoms with Crippen molar-refractivity contribution < 1.29 is 17.9 Å². The van der Waals surface area contributed by atoms with E-state index in [4.69, 9.17) is 4.74 Å². The maximum absolute atomic E-state index is 12.9. The summed E-state index contributed by atoms with van der Waals surface area (Å²) in [5, 5.41) is 3.17. The Balaban J connectivity index is 1.51. The molecule has 1 aliphatic heterocycles. The highest BCUT2D eigenvalue weighted by atomic mass is 32.2. The van der Waals surface area contributed by atoms with Crippen molar-refractivity contribution in [3.63, 3.8) is 0 Å². The van der Waals surface area contributed by atoms with E-state index < -0.39 is 10.0 Å². The van der Waals surface area contributed by atoms with Gasteiger partial charge in [0.05, 0.1) is 18.8 Å². The number of sulfonamides is 1. The lowest BCUT2D eigenvalue weighted by Gasteiger charge is -2.28. The largest absolute Gasteiger partial charge is 0.491 e. The fraction of sp³-hybridized carbons (Fsp3) is 0.667. The number of amides is 2. The SMILES string of the molecule is C[C@H]1COc2ccc(CN(C3CC3)S(C)(=O)=O)cc2CN1C(=O)NC1CCCC1. The first-order valence-electron chi connectivity index (χ1n) is 10.6. The molecule has 1 aromatic rings. The van der Waals surface area contributed by atoms with Gasteiger partial charge in [-0.2, -0.15) is 4.31 Å². The number of nitrogens with one attached hydrogen (secondary N) is 1. The molecule has 4 rings (SSSR count). The summed E-state index contributed by atoms with van der Waals surface area (Å²) in [6.07, 6.45) is 7.57. The smallest absolute Gasteiger partial charge is 0.318 e. The summed E-state index contributed by atoms with van der Waals surface area (Å²) in [5.74, 6) is 0.772. The van der Waals surface area contributed by atoms with Crippen molar-refractivity contribution in [2.24, 2.45) is 0 Å². The number of carbonyl (C=O) groups excluding carboxylic acids is 1. The molecular formula is C21H31N3O4S. The second kappa shape index (κ2) is 8.14. The highest BCUT2D eigenvalue weighted by Crippen LogP contribution is 2.32. The molecule has 29 heavy (non-hydrogen) atoms. The van der Waals surface area contributed by atoms with Gasteiger partial charge >= 0.3 is 6.03 Å². The average Bonchev–Trinajstić information content (AvgIpc) is 3.40. The summed E-state index contributed by atoms with van der Waals surface area (Å²) in [5.41, 5.74) is 1.85. The Morgan fingerprint density at radius 2 is 1.97 bits per heavy atom. The van der Waals surface area contributed by atoms with Gasteiger partial charge in [0.15, 0.2) is 0 Å². The predicted octanol–water partition coefficient (Wildman–Crippen LogP) is 2.85. The molecule has 3 aliphatic rings. The van der Waals surface area contributed by atoms with E-state index in [9.17, 15) is 13.2 Å². The van der Waals surface area contributed by atoms with Crippen LogP contribution in [0.2, 0.25) is 0 Å². The van der Waals surface area contributed by atoms with E-state index >= 15 is 0 Å². The van der Waals surface area contributed by atoms with Crippen LogP contribution in [-0.2, 0) is 23.1 Å². The Kier molecular flexibility index (Phi) is 5.75. The van der Waals surface area contributed by atoms with Crippen LogP contribution in [0.25, 0.3) is 0 Å². The maximum atomic E-state index is 12.9. The van der Waals surface area contributed by atoms with E-state index in [1.807, 2.05) is 30.0 Å². The summed E-state index contributed by atoms with van der Waals surface area (Å²) in [7, 11) is -3.25. The van der Waals surface area contributed by atoms with E-state index in [-0.39, 0.29) is 24.2 Å². The van der Waals surface area contributed by atoms with Crippen molar-refractivity contribution in [1.82, 2.24) is 14.5 Å². The fourth-order valence-electron chi connectivity index (χ4n) is 4.29. The topological polar surface area (TPSA) is 79.0 Å². The van der Waals surface area contributed by atoms with Crippen molar-refractivity contribution in [2.45, 2.75) is 76.7 Å². The van der Waals surface area contributed by atoms with Crippen molar-refractivity contribution in [3.05, 3.63) is 29.3 Å². The van der Waals surface area contributed by atoms with Crippen LogP contribution in [0.4, 0.5) is 4.79 Å². The molecule has 1 aromatic carbocycles. The molecular weight excluding hydrogens is 390 g/mol. The van der Waals surface area contributed by atoms with Gasteiger partial charge < -0.3 is 15.0 Å². The number of ether oxygens (including phenoxy) is 1. The average molecular weight is 422 g/mol. The molecule has 1 N–H and O–H groups in total. The summed E-state index contributed by atoms with van der Waals surface area (Å²) < 4.78 is 31.8. The normalized spacial score (nSPS) is 22.9. The third-order valence-corrected chi connectivity index (χ3v) is 7.42. The van der Waals surface area contributed by atoms with Crippen molar-refractivity contribution >= 4 is 16.1 Å². The first-order valence-corrected chi connectivity index (χ1v) is 12.4. The van der Waals surface area contributed by atoms with E-state index in [0.29, 0.717) is 19.7 Å². The number of hydrogen-bond acceptors (Lipinski definition) is 4. The van der Waals surface area contributed by atoms with Gasteiger partial charge in [0.1, 0.15) is 12.4 Å². The first-order chi connectivity index (χ1) is 13.8. The number of rotatable bonds is 5. The predicted molar refractivity (Wildman–Crippen MR) is 111 cm³/mol. The van der Waals surface area contributed by atoms with E-state index in [1.165, 1.54) is 19.1 Å². The molecule has 1 atom stereocenters. The Morgan fingerprint density at radius 1 is 1.24 bits per heavy atom. The van der Waals surface area contributed by atoms with Gasteiger partial charge in [-0.05, 0) is 50.3 Å². The molecule has 2 saturated carbocycles. The molecule has 0 aromatic heterocycles. The van der Waals surface area contributed by atoms with Gasteiger partial charge in [0, 0.05) is 24.2 Å². The number of urea groups is 1. The third kappa shape index (κ3) is 4.86. The highest BCUT2D eigenvalue weighted by Gasteiger charge is 2.35. The first kappa shape index (κ1) is 20.5. The van der Waals surface area contributed by atoms with Gasteiger partial charge in [-0.25, -0.2) is 13.2 Å². The number of hydrogen-bond donors (Lipinski definition) is 1. The van der Waals surface area contributed by atoms with Crippen LogP contribution in [0.5, 0.6) is 5.75 Å². The van der Waals surface area contributed by atoms with Crippen LogP contribution in [0.15, 0.2) is 18.2 Å². The quantitative estimate of drug-likeness (QED) is 0.793. The van der Waals surface area contributed by atoms with Crippen LogP contribution in [0.3, 0.4) is 0 Å². The zero-order valence-electron chi connectivity index (χ0n) is 17.3. The van der Waals surface area contributed by atoms with Crippen LogP contribution >= 0.6 is 0 Å². The van der Waals surface area contributed by atoms with E-state index in [2.05, 4.69) is 5.32 Å². The Hall–Kier alpha value is -1.80. The summed E-state index contributed by atoms with van der Waals surface area (Å²) in [6, 6.07) is 6.14. The minimum absolute atomic E-state index is 0.0359. The van der Waals surface area contributed by atoms with Crippen LogP contribution < -0.4 is 10.1 Å². The molecule has 0 spiro atoms.